The average molecular weight is 257 g/mol. The maximum absolute atomic E-state index is 5.83. The van der Waals surface area contributed by atoms with Crippen LogP contribution in [0.4, 0.5) is 5.82 Å². The Hall–Kier alpha value is -2.10. The average Bonchev–Trinajstić information content (AvgIpc) is 2.40. The molecule has 0 fully saturated rings. The number of rotatable bonds is 5. The molecule has 1 aromatic carbocycles. The molecular weight excluding hydrogens is 238 g/mol. The fourth-order valence-electron chi connectivity index (χ4n) is 1.89. The van der Waals surface area contributed by atoms with Crippen molar-refractivity contribution in [2.45, 2.75) is 26.7 Å². The van der Waals surface area contributed by atoms with Gasteiger partial charge in [-0.2, -0.15) is 0 Å². The highest BCUT2D eigenvalue weighted by Gasteiger charge is 2.05. The van der Waals surface area contributed by atoms with Gasteiger partial charge in [0.1, 0.15) is 17.4 Å². The zero-order chi connectivity index (χ0) is 13.7. The van der Waals surface area contributed by atoms with Crippen molar-refractivity contribution in [2.75, 3.05) is 12.3 Å². The molecule has 4 nitrogen and oxygen atoms in total. The Bertz CT molecular complexity index is 538. The first-order valence-corrected chi connectivity index (χ1v) is 6.59. The zero-order valence-electron chi connectivity index (χ0n) is 11.4. The molecule has 1 heterocycles. The monoisotopic (exact) mass is 257 g/mol. The van der Waals surface area contributed by atoms with E-state index in [1.807, 2.05) is 31.2 Å². The van der Waals surface area contributed by atoms with E-state index in [1.54, 1.807) is 6.07 Å². The van der Waals surface area contributed by atoms with Crippen molar-refractivity contribution in [2.24, 2.45) is 0 Å². The van der Waals surface area contributed by atoms with Crippen LogP contribution >= 0.6 is 0 Å². The van der Waals surface area contributed by atoms with Crippen LogP contribution in [0.25, 0.3) is 11.3 Å². The number of nitrogen functional groups attached to an aromatic ring is 1. The molecule has 100 valence electrons. The number of aromatic nitrogens is 2. The van der Waals surface area contributed by atoms with Gasteiger partial charge in [-0.15, -0.1) is 0 Å². The minimum absolute atomic E-state index is 0.516. The number of benzene rings is 1. The van der Waals surface area contributed by atoms with Crippen molar-refractivity contribution in [3.8, 4) is 17.0 Å². The van der Waals surface area contributed by atoms with Crippen LogP contribution < -0.4 is 10.5 Å². The predicted octanol–water partition coefficient (Wildman–Crippen LogP) is 3.08. The van der Waals surface area contributed by atoms with E-state index >= 15 is 0 Å². The third-order valence-electron chi connectivity index (χ3n) is 2.73. The van der Waals surface area contributed by atoms with Gasteiger partial charge in [0, 0.05) is 18.1 Å². The van der Waals surface area contributed by atoms with Crippen molar-refractivity contribution in [1.29, 1.82) is 0 Å². The van der Waals surface area contributed by atoms with Gasteiger partial charge in [-0.3, -0.25) is 0 Å². The topological polar surface area (TPSA) is 61.0 Å². The Morgan fingerprint density at radius 3 is 2.47 bits per heavy atom. The van der Waals surface area contributed by atoms with Gasteiger partial charge >= 0.3 is 0 Å². The molecular formula is C15H19N3O. The van der Waals surface area contributed by atoms with Crippen LogP contribution in [-0.4, -0.2) is 16.6 Å². The lowest BCUT2D eigenvalue weighted by molar-refractivity contribution is 0.340. The molecule has 0 unspecified atom stereocenters. The first-order valence-electron chi connectivity index (χ1n) is 6.59. The quantitative estimate of drug-likeness (QED) is 0.894. The van der Waals surface area contributed by atoms with E-state index in [1.165, 1.54) is 0 Å². The first-order chi connectivity index (χ1) is 9.22. The summed E-state index contributed by atoms with van der Waals surface area (Å²) in [4.78, 5) is 8.78. The number of hydrogen-bond donors (Lipinski definition) is 1. The third-order valence-corrected chi connectivity index (χ3v) is 2.73. The third kappa shape index (κ3) is 3.44. The molecule has 0 amide bonds. The smallest absolute Gasteiger partial charge is 0.131 e. The fourth-order valence-corrected chi connectivity index (χ4v) is 1.89. The molecule has 2 aromatic rings. The van der Waals surface area contributed by atoms with Crippen molar-refractivity contribution in [3.63, 3.8) is 0 Å². The normalized spacial score (nSPS) is 10.4. The Morgan fingerprint density at radius 1 is 1.11 bits per heavy atom. The second-order valence-corrected chi connectivity index (χ2v) is 4.30. The molecule has 2 rings (SSSR count). The summed E-state index contributed by atoms with van der Waals surface area (Å²) in [6.45, 7) is 4.74. The molecule has 0 aliphatic rings. The molecule has 1 aromatic heterocycles. The maximum atomic E-state index is 5.83. The lowest BCUT2D eigenvalue weighted by Gasteiger charge is -2.07. The maximum Gasteiger partial charge on any atom is 0.131 e. The molecule has 0 aliphatic carbocycles. The zero-order valence-corrected chi connectivity index (χ0v) is 11.4. The molecule has 2 N–H and O–H groups in total. The number of nitrogens with two attached hydrogens (primary N) is 1. The molecule has 0 atom stereocenters. The van der Waals surface area contributed by atoms with E-state index in [-0.39, 0.29) is 0 Å². The number of ether oxygens (including phenoxy) is 1. The van der Waals surface area contributed by atoms with Crippen LogP contribution in [0.5, 0.6) is 5.75 Å². The van der Waals surface area contributed by atoms with Crippen molar-refractivity contribution in [1.82, 2.24) is 9.97 Å². The van der Waals surface area contributed by atoms with E-state index in [0.29, 0.717) is 12.4 Å². The number of anilines is 1. The van der Waals surface area contributed by atoms with Gasteiger partial charge < -0.3 is 10.5 Å². The van der Waals surface area contributed by atoms with Gasteiger partial charge in [-0.1, -0.05) is 6.92 Å². The van der Waals surface area contributed by atoms with Crippen LogP contribution in [0.3, 0.4) is 0 Å². The van der Waals surface area contributed by atoms with Gasteiger partial charge in [0.25, 0.3) is 0 Å². The molecule has 4 heteroatoms. The van der Waals surface area contributed by atoms with Crippen LogP contribution in [0.15, 0.2) is 30.3 Å². The van der Waals surface area contributed by atoms with Crippen LogP contribution in [0.1, 0.15) is 26.1 Å². The SMILES string of the molecule is CCCc1nc(N)cc(-c2ccc(OCC)cc2)n1. The van der Waals surface area contributed by atoms with Gasteiger partial charge in [-0.25, -0.2) is 9.97 Å². The molecule has 19 heavy (non-hydrogen) atoms. The summed E-state index contributed by atoms with van der Waals surface area (Å²) in [5, 5.41) is 0. The summed E-state index contributed by atoms with van der Waals surface area (Å²) in [6.07, 6.45) is 1.85. The minimum Gasteiger partial charge on any atom is -0.494 e. The van der Waals surface area contributed by atoms with Crippen LogP contribution in [0.2, 0.25) is 0 Å². The Kier molecular flexibility index (Phi) is 4.34. The van der Waals surface area contributed by atoms with Gasteiger partial charge in [0.15, 0.2) is 0 Å². The van der Waals surface area contributed by atoms with Crippen LogP contribution in [-0.2, 0) is 6.42 Å². The van der Waals surface area contributed by atoms with E-state index < -0.39 is 0 Å². The van der Waals surface area contributed by atoms with Crippen molar-refractivity contribution >= 4 is 5.82 Å². The largest absolute Gasteiger partial charge is 0.494 e. The minimum atomic E-state index is 0.516. The molecule has 0 bridgehead atoms. The van der Waals surface area contributed by atoms with Gasteiger partial charge in [-0.05, 0) is 37.6 Å². The summed E-state index contributed by atoms with van der Waals surface area (Å²) in [5.74, 6) is 2.18. The van der Waals surface area contributed by atoms with Gasteiger partial charge in [0.05, 0.1) is 12.3 Å². The first kappa shape index (κ1) is 13.3. The Balaban J connectivity index is 2.29. The fraction of sp³-hybridized carbons (Fsp3) is 0.333. The summed E-state index contributed by atoms with van der Waals surface area (Å²) < 4.78 is 5.43. The van der Waals surface area contributed by atoms with Gasteiger partial charge in [0.2, 0.25) is 0 Å². The standard InChI is InChI=1S/C15H19N3O/c1-3-5-15-17-13(10-14(16)18-15)11-6-8-12(9-7-11)19-4-2/h6-10H,3-5H2,1-2H3,(H2,16,17,18). The number of aryl methyl sites for hydroxylation is 1. The summed E-state index contributed by atoms with van der Waals surface area (Å²) in [5.41, 5.74) is 7.71. The van der Waals surface area contributed by atoms with E-state index in [2.05, 4.69) is 16.9 Å². The van der Waals surface area contributed by atoms with Crippen LogP contribution in [0, 0.1) is 0 Å². The highest BCUT2D eigenvalue weighted by Crippen LogP contribution is 2.22. The second kappa shape index (κ2) is 6.18. The number of nitrogens with zero attached hydrogens (tertiary/aromatic N) is 2. The molecule has 0 spiro atoms. The number of hydrogen-bond acceptors (Lipinski definition) is 4. The highest BCUT2D eigenvalue weighted by atomic mass is 16.5. The van der Waals surface area contributed by atoms with Crippen molar-refractivity contribution in [3.05, 3.63) is 36.2 Å². The molecule has 0 radical (unpaired) electrons. The summed E-state index contributed by atoms with van der Waals surface area (Å²) in [7, 11) is 0. The lowest BCUT2D eigenvalue weighted by Crippen LogP contribution is -2.01. The molecule has 0 aliphatic heterocycles. The highest BCUT2D eigenvalue weighted by molar-refractivity contribution is 5.62. The Morgan fingerprint density at radius 2 is 1.84 bits per heavy atom. The lowest BCUT2D eigenvalue weighted by atomic mass is 10.1. The van der Waals surface area contributed by atoms with Crippen molar-refractivity contribution < 1.29 is 4.74 Å². The molecule has 0 saturated carbocycles. The molecule has 0 saturated heterocycles. The van der Waals surface area contributed by atoms with E-state index in [9.17, 15) is 0 Å². The predicted molar refractivity (Wildman–Crippen MR) is 77.0 cm³/mol. The summed E-state index contributed by atoms with van der Waals surface area (Å²) in [6, 6.07) is 9.66. The summed E-state index contributed by atoms with van der Waals surface area (Å²) >= 11 is 0. The Labute approximate surface area is 113 Å². The van der Waals surface area contributed by atoms with E-state index in [4.69, 9.17) is 10.5 Å². The van der Waals surface area contributed by atoms with E-state index in [0.717, 1.165) is 35.7 Å². The second-order valence-electron chi connectivity index (χ2n) is 4.30.